The second-order valence-electron chi connectivity index (χ2n) is 12.1. The Balaban J connectivity index is 1.34. The van der Waals surface area contributed by atoms with Crippen molar-refractivity contribution in [3.63, 3.8) is 0 Å². The molecule has 1 N–H and O–H groups in total. The minimum Gasteiger partial charge on any atom is -0.461 e. The fraction of sp³-hybridized carbons (Fsp3) is 0.600. The number of aromatic nitrogens is 4. The third kappa shape index (κ3) is 4.57. The fourth-order valence-corrected chi connectivity index (χ4v) is 7.39. The molecular weight excluding hydrogens is 550 g/mol. The molecule has 2 unspecified atom stereocenters. The van der Waals surface area contributed by atoms with Crippen molar-refractivity contribution in [2.75, 3.05) is 44.2 Å². The maximum Gasteiger partial charge on any atom is 0.319 e. The third-order valence-corrected chi connectivity index (χ3v) is 9.57. The molecule has 3 saturated heterocycles. The van der Waals surface area contributed by atoms with E-state index in [-0.39, 0.29) is 54.0 Å². The molecule has 0 spiro atoms. The number of hydrogen-bond donors (Lipinski definition) is 1. The van der Waals surface area contributed by atoms with Gasteiger partial charge in [0.15, 0.2) is 0 Å². The maximum atomic E-state index is 15.0. The van der Waals surface area contributed by atoms with Gasteiger partial charge in [-0.15, -0.1) is 0 Å². The van der Waals surface area contributed by atoms with Crippen LogP contribution in [0.3, 0.4) is 0 Å². The lowest BCUT2D eigenvalue weighted by atomic mass is 9.95. The van der Waals surface area contributed by atoms with E-state index < -0.39 is 24.3 Å². The third-order valence-electron chi connectivity index (χ3n) is 9.57. The van der Waals surface area contributed by atoms with Crippen LogP contribution in [0.25, 0.3) is 22.3 Å². The lowest BCUT2D eigenvalue weighted by molar-refractivity contribution is -0.00186. The monoisotopic (exact) mass is 585 g/mol. The minimum atomic E-state index is -2.96. The molecule has 42 heavy (non-hydrogen) atoms. The smallest absolute Gasteiger partial charge is 0.319 e. The highest BCUT2D eigenvalue weighted by Crippen LogP contribution is 2.45. The first kappa shape index (κ1) is 27.7. The van der Waals surface area contributed by atoms with Crippen LogP contribution in [0.5, 0.6) is 6.01 Å². The van der Waals surface area contributed by atoms with Gasteiger partial charge >= 0.3 is 6.01 Å². The molecular formula is C30H35F4N7O. The number of ether oxygens (including phenoxy) is 1. The first-order valence-corrected chi connectivity index (χ1v) is 14.9. The molecule has 3 aromatic heterocycles. The second kappa shape index (κ2) is 10.6. The van der Waals surface area contributed by atoms with Crippen molar-refractivity contribution < 1.29 is 22.3 Å². The van der Waals surface area contributed by atoms with Gasteiger partial charge in [-0.3, -0.25) is 14.9 Å². The summed E-state index contributed by atoms with van der Waals surface area (Å²) in [5.74, 6) is -2.36. The van der Waals surface area contributed by atoms with Crippen molar-refractivity contribution >= 4 is 16.7 Å². The molecule has 8 nitrogen and oxygen atoms in total. The van der Waals surface area contributed by atoms with E-state index in [0.717, 1.165) is 32.4 Å². The number of alkyl halides is 4. The van der Waals surface area contributed by atoms with Crippen LogP contribution in [0.1, 0.15) is 55.7 Å². The molecule has 6 heterocycles. The summed E-state index contributed by atoms with van der Waals surface area (Å²) in [5, 5.41) is 4.07. The first-order valence-electron chi connectivity index (χ1n) is 14.9. The summed E-state index contributed by atoms with van der Waals surface area (Å²) in [6.07, 6.45) is 5.00. The van der Waals surface area contributed by atoms with E-state index in [1.807, 2.05) is 0 Å². The zero-order chi connectivity index (χ0) is 29.1. The van der Waals surface area contributed by atoms with Gasteiger partial charge in [0.25, 0.3) is 5.92 Å². The van der Waals surface area contributed by atoms with Gasteiger partial charge < -0.3 is 15.0 Å². The number of pyridine rings is 2. The molecule has 224 valence electrons. The van der Waals surface area contributed by atoms with Crippen LogP contribution < -0.4 is 15.0 Å². The van der Waals surface area contributed by atoms with Gasteiger partial charge in [-0.25, -0.2) is 17.6 Å². The predicted octanol–water partition coefficient (Wildman–Crippen LogP) is 4.74. The largest absolute Gasteiger partial charge is 0.461 e. The molecule has 0 radical (unpaired) electrons. The number of nitrogens with one attached hydrogen (secondary N) is 1. The number of anilines is 1. The molecule has 7 rings (SSSR count). The van der Waals surface area contributed by atoms with Crippen molar-refractivity contribution in [1.82, 2.24) is 30.2 Å². The molecule has 0 aromatic carbocycles. The Bertz CT molecular complexity index is 1510. The lowest BCUT2D eigenvalue weighted by Gasteiger charge is -2.35. The summed E-state index contributed by atoms with van der Waals surface area (Å²) in [6, 6.07) is 1.68. The summed E-state index contributed by atoms with van der Waals surface area (Å²) in [6.45, 7) is 4.80. The molecule has 3 atom stereocenters. The standard InChI is InChI=1S/C30H35F4N7O/c1-2-19-16-40(11-9-35-19)27-22-14-37-26(25-20-4-7-30(33,34)23(20)5-8-36-25)21(13-31)24(22)38-28(39-27)42-17-29-6-3-10-41(29)15-18(32)12-29/h5,8,14,18-19,35H,2-4,6-7,9-13,15-17H2,1H3/t18-,19?,29?/m1/s1. The van der Waals surface area contributed by atoms with Crippen LogP contribution in [0.2, 0.25) is 0 Å². The number of hydrogen-bond acceptors (Lipinski definition) is 8. The summed E-state index contributed by atoms with van der Waals surface area (Å²) in [4.78, 5) is 22.8. The Kier molecular flexibility index (Phi) is 6.96. The van der Waals surface area contributed by atoms with E-state index in [1.165, 1.54) is 12.3 Å². The highest BCUT2D eigenvalue weighted by molar-refractivity contribution is 5.94. The molecule has 3 aliphatic heterocycles. The van der Waals surface area contributed by atoms with Gasteiger partial charge in [-0.05, 0) is 43.9 Å². The van der Waals surface area contributed by atoms with Crippen molar-refractivity contribution in [3.05, 3.63) is 35.2 Å². The van der Waals surface area contributed by atoms with Crippen molar-refractivity contribution in [2.24, 2.45) is 0 Å². The van der Waals surface area contributed by atoms with E-state index in [9.17, 15) is 17.6 Å². The van der Waals surface area contributed by atoms with Crippen LogP contribution in [0, 0.1) is 0 Å². The Morgan fingerprint density at radius 2 is 2.00 bits per heavy atom. The molecule has 0 amide bonds. The Morgan fingerprint density at radius 3 is 2.83 bits per heavy atom. The number of rotatable bonds is 7. The zero-order valence-electron chi connectivity index (χ0n) is 23.7. The van der Waals surface area contributed by atoms with Gasteiger partial charge in [0.2, 0.25) is 0 Å². The highest BCUT2D eigenvalue weighted by atomic mass is 19.3. The van der Waals surface area contributed by atoms with E-state index in [0.29, 0.717) is 48.3 Å². The Labute approximate surface area is 241 Å². The first-order chi connectivity index (χ1) is 20.3. The molecule has 0 saturated carbocycles. The van der Waals surface area contributed by atoms with E-state index in [2.05, 4.69) is 32.0 Å². The molecule has 12 heteroatoms. The molecule has 3 fully saturated rings. The van der Waals surface area contributed by atoms with E-state index >= 15 is 0 Å². The van der Waals surface area contributed by atoms with E-state index in [1.54, 1.807) is 6.20 Å². The molecule has 1 aliphatic carbocycles. The van der Waals surface area contributed by atoms with Crippen molar-refractivity contribution in [1.29, 1.82) is 0 Å². The summed E-state index contributed by atoms with van der Waals surface area (Å²) < 4.78 is 64.8. The van der Waals surface area contributed by atoms with E-state index in [4.69, 9.17) is 14.7 Å². The van der Waals surface area contributed by atoms with Crippen LogP contribution in [0.15, 0.2) is 18.5 Å². The number of piperazine rings is 1. The molecule has 0 bridgehead atoms. The average molecular weight is 586 g/mol. The van der Waals surface area contributed by atoms with Crippen LogP contribution in [-0.4, -0.2) is 81.9 Å². The summed E-state index contributed by atoms with van der Waals surface area (Å²) >= 11 is 0. The summed E-state index contributed by atoms with van der Waals surface area (Å²) in [5.41, 5.74) is 0.880. The Hall–Kier alpha value is -3.12. The van der Waals surface area contributed by atoms with Gasteiger partial charge in [-0.1, -0.05) is 6.92 Å². The Morgan fingerprint density at radius 1 is 1.12 bits per heavy atom. The normalized spacial score (nSPS) is 27.0. The number of nitrogens with zero attached hydrogens (tertiary/aromatic N) is 6. The van der Waals surface area contributed by atoms with Crippen molar-refractivity contribution in [3.8, 4) is 17.4 Å². The van der Waals surface area contributed by atoms with Gasteiger partial charge in [0, 0.05) is 68.6 Å². The molecule has 4 aliphatic rings. The lowest BCUT2D eigenvalue weighted by Crippen LogP contribution is -2.50. The zero-order valence-corrected chi connectivity index (χ0v) is 23.7. The topological polar surface area (TPSA) is 79.3 Å². The average Bonchev–Trinajstić information content (AvgIpc) is 3.64. The molecule has 3 aromatic rings. The van der Waals surface area contributed by atoms with Crippen LogP contribution in [-0.2, 0) is 19.0 Å². The fourth-order valence-electron chi connectivity index (χ4n) is 7.39. The SMILES string of the molecule is CCC1CN(c2nc(OCC34CCCN3C[C@H](F)C4)nc3c(CF)c(-c4nccc5c4CCC5(F)F)ncc23)CCN1. The number of fused-ring (bicyclic) bond motifs is 3. The van der Waals surface area contributed by atoms with Crippen LogP contribution in [0.4, 0.5) is 23.4 Å². The highest BCUT2D eigenvalue weighted by Gasteiger charge is 2.49. The van der Waals surface area contributed by atoms with Gasteiger partial charge in [0.1, 0.15) is 25.3 Å². The quantitative estimate of drug-likeness (QED) is 0.399. The maximum absolute atomic E-state index is 15.0. The van der Waals surface area contributed by atoms with Crippen LogP contribution >= 0.6 is 0 Å². The van der Waals surface area contributed by atoms with Gasteiger partial charge in [0.05, 0.1) is 27.8 Å². The summed E-state index contributed by atoms with van der Waals surface area (Å²) in [7, 11) is 0. The second-order valence-corrected chi connectivity index (χ2v) is 12.1. The minimum absolute atomic E-state index is 0.0823. The number of halogens is 4. The van der Waals surface area contributed by atoms with Crippen molar-refractivity contribution in [2.45, 2.75) is 75.8 Å². The van der Waals surface area contributed by atoms with Gasteiger partial charge in [-0.2, -0.15) is 9.97 Å². The predicted molar refractivity (Wildman–Crippen MR) is 150 cm³/mol.